The van der Waals surface area contributed by atoms with Gasteiger partial charge in [-0.05, 0) is 36.5 Å². The molecule has 0 spiro atoms. The van der Waals surface area contributed by atoms with Crippen LogP contribution in [0.3, 0.4) is 0 Å². The maximum Gasteiger partial charge on any atom is 0.293 e. The molecule has 0 saturated heterocycles. The van der Waals surface area contributed by atoms with E-state index in [1.54, 1.807) is 12.1 Å². The number of ether oxygens (including phenoxy) is 3. The number of amides is 1. The quantitative estimate of drug-likeness (QED) is 0.338. The summed E-state index contributed by atoms with van der Waals surface area (Å²) in [6.45, 7) is 0.318. The van der Waals surface area contributed by atoms with E-state index in [1.165, 1.54) is 32.2 Å². The number of aromatic nitrogens is 5. The highest BCUT2D eigenvalue weighted by molar-refractivity contribution is 5.94. The minimum absolute atomic E-state index is 0.0160. The zero-order valence-corrected chi connectivity index (χ0v) is 18.2. The number of hydrazone groups is 1. The number of nitrogen functional groups attached to an aromatic ring is 1. The predicted octanol–water partition coefficient (Wildman–Crippen LogP) is 0.0838. The second-order valence-corrected chi connectivity index (χ2v) is 6.67. The van der Waals surface area contributed by atoms with Crippen LogP contribution in [0.5, 0.6) is 17.2 Å². The van der Waals surface area contributed by atoms with Crippen LogP contribution in [0.2, 0.25) is 0 Å². The number of benzene rings is 1. The lowest BCUT2D eigenvalue weighted by atomic mass is 10.2. The van der Waals surface area contributed by atoms with Gasteiger partial charge in [0.15, 0.2) is 17.2 Å². The monoisotopic (exact) mass is 445 g/mol. The third kappa shape index (κ3) is 4.59. The normalized spacial score (nSPS) is 11.2. The molecule has 0 aliphatic rings. The van der Waals surface area contributed by atoms with Gasteiger partial charge >= 0.3 is 0 Å². The summed E-state index contributed by atoms with van der Waals surface area (Å²) in [5, 5.41) is 19.1. The van der Waals surface area contributed by atoms with E-state index in [-0.39, 0.29) is 17.3 Å². The van der Waals surface area contributed by atoms with Crippen LogP contribution in [0.4, 0.5) is 5.82 Å². The molecule has 0 radical (unpaired) electrons. The Morgan fingerprint density at radius 3 is 2.44 bits per heavy atom. The van der Waals surface area contributed by atoms with Crippen LogP contribution in [0.1, 0.15) is 21.7 Å². The SMILES string of the molecule is COc1cc(/C=N\NC(=O)c2nnn(-c3nonc3N)c2CN(C)C)cc(OC)c1OC. The van der Waals surface area contributed by atoms with Crippen LogP contribution >= 0.6 is 0 Å². The van der Waals surface area contributed by atoms with Gasteiger partial charge < -0.3 is 24.8 Å². The van der Waals surface area contributed by atoms with Gasteiger partial charge in [0.25, 0.3) is 5.91 Å². The maximum atomic E-state index is 12.7. The van der Waals surface area contributed by atoms with Crippen molar-refractivity contribution in [3.05, 3.63) is 29.1 Å². The fourth-order valence-electron chi connectivity index (χ4n) is 2.82. The Hall–Kier alpha value is -4.20. The highest BCUT2D eigenvalue weighted by Crippen LogP contribution is 2.37. The molecule has 3 aromatic rings. The average Bonchev–Trinajstić information content (AvgIpc) is 3.37. The molecule has 0 unspecified atom stereocenters. The summed E-state index contributed by atoms with van der Waals surface area (Å²) in [7, 11) is 8.17. The van der Waals surface area contributed by atoms with Crippen LogP contribution < -0.4 is 25.4 Å². The number of hydrogen-bond donors (Lipinski definition) is 2. The molecular formula is C18H23N9O5. The van der Waals surface area contributed by atoms with E-state index < -0.39 is 5.91 Å². The smallest absolute Gasteiger partial charge is 0.293 e. The standard InChI is InChI=1S/C18H23N9O5/c1-26(2)9-11-14(21-25-27(11)17-16(19)23-32-24-17)18(28)22-20-8-10-6-12(29-3)15(31-5)13(7-10)30-4/h6-8H,9H2,1-5H3,(H2,19,23)(H,22,28)/b20-8-. The van der Waals surface area contributed by atoms with Crippen molar-refractivity contribution in [2.24, 2.45) is 5.10 Å². The lowest BCUT2D eigenvalue weighted by Gasteiger charge is -2.12. The highest BCUT2D eigenvalue weighted by atomic mass is 16.6. The summed E-state index contributed by atoms with van der Waals surface area (Å²) in [4.78, 5) is 14.6. The Morgan fingerprint density at radius 1 is 1.22 bits per heavy atom. The largest absolute Gasteiger partial charge is 0.493 e. The molecule has 170 valence electrons. The van der Waals surface area contributed by atoms with Crippen molar-refractivity contribution in [3.8, 4) is 23.1 Å². The molecule has 14 heteroatoms. The molecule has 1 amide bonds. The molecule has 0 aliphatic carbocycles. The van der Waals surface area contributed by atoms with Gasteiger partial charge in [-0.1, -0.05) is 5.21 Å². The van der Waals surface area contributed by atoms with Gasteiger partial charge in [0.05, 0.1) is 33.2 Å². The third-order valence-electron chi connectivity index (χ3n) is 4.21. The molecule has 3 N–H and O–H groups in total. The lowest BCUT2D eigenvalue weighted by Crippen LogP contribution is -2.23. The van der Waals surface area contributed by atoms with Gasteiger partial charge in [0, 0.05) is 12.1 Å². The topological polar surface area (TPSA) is 168 Å². The second kappa shape index (κ2) is 9.74. The van der Waals surface area contributed by atoms with E-state index in [4.69, 9.17) is 19.9 Å². The number of nitrogens with one attached hydrogen (secondary N) is 1. The minimum atomic E-state index is -0.577. The highest BCUT2D eigenvalue weighted by Gasteiger charge is 2.24. The summed E-state index contributed by atoms with van der Waals surface area (Å²) in [6, 6.07) is 3.37. The first-order valence-electron chi connectivity index (χ1n) is 9.20. The van der Waals surface area contributed by atoms with Crippen molar-refractivity contribution in [1.82, 2.24) is 35.6 Å². The van der Waals surface area contributed by atoms with Gasteiger partial charge in [-0.2, -0.15) is 9.78 Å². The van der Waals surface area contributed by atoms with Crippen LogP contribution in [0.25, 0.3) is 5.82 Å². The van der Waals surface area contributed by atoms with Crippen molar-refractivity contribution in [3.63, 3.8) is 0 Å². The van der Waals surface area contributed by atoms with Crippen molar-refractivity contribution in [2.45, 2.75) is 6.54 Å². The van der Waals surface area contributed by atoms with Crippen molar-refractivity contribution < 1.29 is 23.6 Å². The molecule has 2 aromatic heterocycles. The van der Waals surface area contributed by atoms with Crippen molar-refractivity contribution in [1.29, 1.82) is 0 Å². The maximum absolute atomic E-state index is 12.7. The predicted molar refractivity (Wildman–Crippen MR) is 112 cm³/mol. The fraction of sp³-hybridized carbons (Fsp3) is 0.333. The zero-order chi connectivity index (χ0) is 23.3. The summed E-state index contributed by atoms with van der Waals surface area (Å²) in [6.07, 6.45) is 1.43. The van der Waals surface area contributed by atoms with Gasteiger partial charge in [0.1, 0.15) is 0 Å². The zero-order valence-electron chi connectivity index (χ0n) is 18.2. The molecular weight excluding hydrogens is 422 g/mol. The molecule has 0 fully saturated rings. The van der Waals surface area contributed by atoms with Crippen LogP contribution in [0.15, 0.2) is 21.9 Å². The summed E-state index contributed by atoms with van der Waals surface area (Å²) in [5.41, 5.74) is 9.26. The molecule has 2 heterocycles. The molecule has 3 rings (SSSR count). The number of methoxy groups -OCH3 is 3. The summed E-state index contributed by atoms with van der Waals surface area (Å²) >= 11 is 0. The molecule has 0 atom stereocenters. The van der Waals surface area contributed by atoms with Gasteiger partial charge in [-0.3, -0.25) is 4.79 Å². The first kappa shape index (κ1) is 22.5. The van der Waals surface area contributed by atoms with E-state index in [1.807, 2.05) is 19.0 Å². The van der Waals surface area contributed by atoms with Crippen LogP contribution in [-0.4, -0.2) is 77.8 Å². The van der Waals surface area contributed by atoms with Gasteiger partial charge in [-0.25, -0.2) is 10.1 Å². The second-order valence-electron chi connectivity index (χ2n) is 6.67. The molecule has 0 aliphatic heterocycles. The van der Waals surface area contributed by atoms with E-state index in [0.717, 1.165) is 0 Å². The first-order chi connectivity index (χ1) is 15.4. The number of rotatable bonds is 9. The van der Waals surface area contributed by atoms with Crippen LogP contribution in [-0.2, 0) is 6.54 Å². The molecule has 0 saturated carbocycles. The van der Waals surface area contributed by atoms with Gasteiger partial charge in [0.2, 0.25) is 17.4 Å². The van der Waals surface area contributed by atoms with Crippen molar-refractivity contribution >= 4 is 17.9 Å². The third-order valence-corrected chi connectivity index (χ3v) is 4.21. The summed E-state index contributed by atoms with van der Waals surface area (Å²) < 4.78 is 21.8. The number of anilines is 1. The Labute approximate surface area is 182 Å². The number of carbonyl (C=O) groups excluding carboxylic acids is 1. The van der Waals surface area contributed by atoms with E-state index in [0.29, 0.717) is 35.1 Å². The van der Waals surface area contributed by atoms with E-state index in [9.17, 15) is 4.79 Å². The Balaban J connectivity index is 1.84. The average molecular weight is 445 g/mol. The number of hydrogen-bond acceptors (Lipinski definition) is 12. The van der Waals surface area contributed by atoms with E-state index >= 15 is 0 Å². The Morgan fingerprint density at radius 2 is 1.91 bits per heavy atom. The number of nitrogens with two attached hydrogens (primary N) is 1. The first-order valence-corrected chi connectivity index (χ1v) is 9.20. The summed E-state index contributed by atoms with van der Waals surface area (Å²) in [5.74, 6) is 0.926. The lowest BCUT2D eigenvalue weighted by molar-refractivity contribution is 0.0948. The molecule has 14 nitrogen and oxygen atoms in total. The fourth-order valence-corrected chi connectivity index (χ4v) is 2.82. The van der Waals surface area contributed by atoms with Gasteiger partial charge in [-0.15, -0.1) is 5.10 Å². The van der Waals surface area contributed by atoms with Crippen molar-refractivity contribution in [2.75, 3.05) is 41.2 Å². The molecule has 32 heavy (non-hydrogen) atoms. The molecule has 1 aromatic carbocycles. The minimum Gasteiger partial charge on any atom is -0.493 e. The number of nitrogens with zero attached hydrogens (tertiary/aromatic N) is 7. The Kier molecular flexibility index (Phi) is 6.84. The number of carbonyl (C=O) groups is 1. The molecule has 0 bridgehead atoms. The van der Waals surface area contributed by atoms with Crippen LogP contribution in [0, 0.1) is 0 Å². The van der Waals surface area contributed by atoms with E-state index in [2.05, 4.69) is 35.8 Å². The Bertz CT molecular complexity index is 1100.